The number of nitrogens with one attached hydrogen (secondary N) is 2. The molecule has 7 nitrogen and oxygen atoms in total. The van der Waals surface area contributed by atoms with E-state index in [1.807, 2.05) is 12.1 Å². The number of fused-ring (bicyclic) bond motifs is 4. The van der Waals surface area contributed by atoms with Crippen molar-refractivity contribution in [2.75, 3.05) is 18.9 Å². The normalized spacial score (nSPS) is 15.2. The minimum absolute atomic E-state index is 0.0905. The largest absolute Gasteiger partial charge is 0.394 e. The van der Waals surface area contributed by atoms with Crippen LogP contribution in [0.4, 0.5) is 10.1 Å². The third-order valence-corrected chi connectivity index (χ3v) is 6.44. The lowest BCUT2D eigenvalue weighted by molar-refractivity contribution is 0.0856. The van der Waals surface area contributed by atoms with Gasteiger partial charge in [-0.2, -0.15) is 5.10 Å². The summed E-state index contributed by atoms with van der Waals surface area (Å²) in [5, 5.41) is 8.94. The van der Waals surface area contributed by atoms with Gasteiger partial charge in [0.05, 0.1) is 17.2 Å². The molecule has 0 spiro atoms. The van der Waals surface area contributed by atoms with Gasteiger partial charge in [0, 0.05) is 41.1 Å². The maximum Gasteiger partial charge on any atom is 0.272 e. The van der Waals surface area contributed by atoms with Crippen molar-refractivity contribution < 1.29 is 9.13 Å². The molecule has 1 fully saturated rings. The Balaban J connectivity index is 1.77. The van der Waals surface area contributed by atoms with Crippen LogP contribution in [-0.2, 0) is 4.74 Å². The molecule has 0 atom stereocenters. The first kappa shape index (κ1) is 18.9. The van der Waals surface area contributed by atoms with E-state index in [4.69, 9.17) is 10.5 Å². The van der Waals surface area contributed by atoms with Crippen LogP contribution in [0, 0.1) is 5.82 Å². The number of nitrogens with zero attached hydrogens (tertiary/aromatic N) is 2. The van der Waals surface area contributed by atoms with Gasteiger partial charge in [0.25, 0.3) is 5.56 Å². The maximum atomic E-state index is 14.3. The Morgan fingerprint density at radius 2 is 1.94 bits per heavy atom. The SMILES string of the molecule is Nc1c(-c2ccc(F)c3[nH]ncc23)c2cc(C3CCOCC3)c3ncccc3c2[nH]c1=O. The molecule has 32 heavy (non-hydrogen) atoms. The third kappa shape index (κ3) is 2.73. The quantitative estimate of drug-likeness (QED) is 0.364. The second-order valence-corrected chi connectivity index (χ2v) is 8.17. The molecule has 4 N–H and O–H groups in total. The number of rotatable bonds is 2. The molecule has 5 aromatic rings. The highest BCUT2D eigenvalue weighted by molar-refractivity contribution is 6.15. The van der Waals surface area contributed by atoms with E-state index in [1.165, 1.54) is 6.07 Å². The minimum atomic E-state index is -0.411. The lowest BCUT2D eigenvalue weighted by Crippen LogP contribution is -2.16. The fourth-order valence-corrected chi connectivity index (χ4v) is 4.88. The molecule has 0 aliphatic carbocycles. The molecule has 8 heteroatoms. The number of benzene rings is 2. The summed E-state index contributed by atoms with van der Waals surface area (Å²) in [7, 11) is 0. The van der Waals surface area contributed by atoms with Crippen molar-refractivity contribution in [3.05, 3.63) is 64.5 Å². The molecule has 0 amide bonds. The summed E-state index contributed by atoms with van der Waals surface area (Å²) in [6.07, 6.45) is 5.12. The number of hydrogen-bond acceptors (Lipinski definition) is 5. The van der Waals surface area contributed by atoms with Crippen LogP contribution in [0.25, 0.3) is 43.8 Å². The van der Waals surface area contributed by atoms with Crippen molar-refractivity contribution >= 4 is 38.4 Å². The first-order valence-corrected chi connectivity index (χ1v) is 10.6. The standard InChI is InChI=1S/C24H20FN5O2/c25-18-4-3-13(17-11-28-30-23(17)18)19-16-10-15(12-5-8-32-9-6-12)21-14(2-1-7-27-21)22(16)29-24(31)20(19)26/h1-4,7,10-12H,5-6,8-9,26H2,(H,28,30)(H,29,31). The van der Waals surface area contributed by atoms with Gasteiger partial charge in [-0.1, -0.05) is 6.07 Å². The van der Waals surface area contributed by atoms with E-state index in [0.717, 1.165) is 34.7 Å². The zero-order chi connectivity index (χ0) is 21.8. The molecular formula is C24H20FN5O2. The zero-order valence-corrected chi connectivity index (χ0v) is 17.1. The van der Waals surface area contributed by atoms with Crippen LogP contribution in [0.5, 0.6) is 0 Å². The predicted octanol–water partition coefficient (Wildman–Crippen LogP) is 4.23. The highest BCUT2D eigenvalue weighted by Gasteiger charge is 2.24. The molecule has 1 aliphatic heterocycles. The summed E-state index contributed by atoms with van der Waals surface area (Å²) >= 11 is 0. The molecular weight excluding hydrogens is 409 g/mol. The van der Waals surface area contributed by atoms with Crippen LogP contribution in [0.2, 0.25) is 0 Å². The van der Waals surface area contributed by atoms with E-state index in [9.17, 15) is 9.18 Å². The molecule has 160 valence electrons. The molecule has 4 heterocycles. The Hall–Kier alpha value is -3.78. The summed E-state index contributed by atoms with van der Waals surface area (Å²) in [6.45, 7) is 1.40. The maximum absolute atomic E-state index is 14.3. The first-order chi connectivity index (χ1) is 15.6. The van der Waals surface area contributed by atoms with Crippen molar-refractivity contribution in [3.8, 4) is 11.1 Å². The average Bonchev–Trinajstić information content (AvgIpc) is 3.32. The molecule has 0 bridgehead atoms. The van der Waals surface area contributed by atoms with Gasteiger partial charge in [-0.3, -0.25) is 14.9 Å². The lowest BCUT2D eigenvalue weighted by Gasteiger charge is -2.24. The predicted molar refractivity (Wildman–Crippen MR) is 122 cm³/mol. The van der Waals surface area contributed by atoms with Gasteiger partial charge in [0.15, 0.2) is 0 Å². The molecule has 0 saturated carbocycles. The number of pyridine rings is 2. The molecule has 3 aromatic heterocycles. The Labute approximate surface area is 181 Å². The van der Waals surface area contributed by atoms with Crippen molar-refractivity contribution in [3.63, 3.8) is 0 Å². The molecule has 2 aromatic carbocycles. The highest BCUT2D eigenvalue weighted by atomic mass is 19.1. The van der Waals surface area contributed by atoms with Crippen molar-refractivity contribution in [1.29, 1.82) is 0 Å². The van der Waals surface area contributed by atoms with Gasteiger partial charge >= 0.3 is 0 Å². The number of H-pyrrole nitrogens is 2. The summed E-state index contributed by atoms with van der Waals surface area (Å²) < 4.78 is 19.9. The molecule has 6 rings (SSSR count). The van der Waals surface area contributed by atoms with Gasteiger partial charge < -0.3 is 15.5 Å². The number of anilines is 1. The number of nitrogen functional groups attached to an aromatic ring is 1. The number of aromatic nitrogens is 4. The molecule has 0 unspecified atom stereocenters. The monoisotopic (exact) mass is 429 g/mol. The van der Waals surface area contributed by atoms with Crippen LogP contribution >= 0.6 is 0 Å². The van der Waals surface area contributed by atoms with Crippen LogP contribution < -0.4 is 11.3 Å². The third-order valence-electron chi connectivity index (χ3n) is 6.44. The Kier molecular flexibility index (Phi) is 4.22. The van der Waals surface area contributed by atoms with Crippen LogP contribution in [0.15, 0.2) is 47.5 Å². The van der Waals surface area contributed by atoms with Crippen LogP contribution in [0.1, 0.15) is 24.3 Å². The van der Waals surface area contributed by atoms with E-state index >= 15 is 0 Å². The van der Waals surface area contributed by atoms with Crippen molar-refractivity contribution in [2.24, 2.45) is 0 Å². The second-order valence-electron chi connectivity index (χ2n) is 8.17. The molecule has 0 radical (unpaired) electrons. The van der Waals surface area contributed by atoms with Gasteiger partial charge in [0.2, 0.25) is 0 Å². The number of ether oxygens (including phenoxy) is 1. The lowest BCUT2D eigenvalue weighted by atomic mass is 9.86. The van der Waals surface area contributed by atoms with Crippen molar-refractivity contribution in [2.45, 2.75) is 18.8 Å². The van der Waals surface area contributed by atoms with Gasteiger partial charge in [-0.15, -0.1) is 0 Å². The first-order valence-electron chi connectivity index (χ1n) is 10.6. The van der Waals surface area contributed by atoms with E-state index < -0.39 is 11.4 Å². The summed E-state index contributed by atoms with van der Waals surface area (Å²) in [4.78, 5) is 20.5. The Morgan fingerprint density at radius 3 is 2.78 bits per heavy atom. The minimum Gasteiger partial charge on any atom is -0.394 e. The van der Waals surface area contributed by atoms with E-state index in [0.29, 0.717) is 35.2 Å². The summed E-state index contributed by atoms with van der Waals surface area (Å²) in [5.74, 6) is -0.125. The molecule has 1 saturated heterocycles. The van der Waals surface area contributed by atoms with Crippen LogP contribution in [-0.4, -0.2) is 33.4 Å². The van der Waals surface area contributed by atoms with E-state index in [1.54, 1.807) is 18.5 Å². The Bertz CT molecular complexity index is 1570. The van der Waals surface area contributed by atoms with Gasteiger partial charge in [-0.05, 0) is 54.2 Å². The molecule has 1 aliphatic rings. The number of hydrogen-bond donors (Lipinski definition) is 3. The summed E-state index contributed by atoms with van der Waals surface area (Å²) in [5.41, 5.74) is 10.2. The van der Waals surface area contributed by atoms with Gasteiger partial charge in [0.1, 0.15) is 17.0 Å². The van der Waals surface area contributed by atoms with Crippen molar-refractivity contribution in [1.82, 2.24) is 20.2 Å². The number of aromatic amines is 2. The van der Waals surface area contributed by atoms with Gasteiger partial charge in [-0.25, -0.2) is 4.39 Å². The topological polar surface area (TPSA) is 110 Å². The average molecular weight is 429 g/mol. The van der Waals surface area contributed by atoms with E-state index in [-0.39, 0.29) is 17.1 Å². The number of halogens is 1. The smallest absolute Gasteiger partial charge is 0.272 e. The fraction of sp³-hybridized carbons (Fsp3) is 0.208. The number of nitrogens with two attached hydrogens (primary N) is 1. The van der Waals surface area contributed by atoms with E-state index in [2.05, 4.69) is 26.2 Å². The van der Waals surface area contributed by atoms with Crippen LogP contribution in [0.3, 0.4) is 0 Å². The second kappa shape index (κ2) is 7.13. The zero-order valence-electron chi connectivity index (χ0n) is 17.1. The Morgan fingerprint density at radius 1 is 1.09 bits per heavy atom. The summed E-state index contributed by atoms with van der Waals surface area (Å²) in [6, 6.07) is 8.92. The fourth-order valence-electron chi connectivity index (χ4n) is 4.88. The highest BCUT2D eigenvalue weighted by Crippen LogP contribution is 2.41.